The van der Waals surface area contributed by atoms with Gasteiger partial charge in [0.05, 0.1) is 18.7 Å². The molecule has 1 fully saturated rings. The van der Waals surface area contributed by atoms with Gasteiger partial charge in [-0.15, -0.1) is 0 Å². The molecule has 1 atom stereocenters. The molecule has 5 nitrogen and oxygen atoms in total. The van der Waals surface area contributed by atoms with Crippen molar-refractivity contribution in [2.24, 2.45) is 0 Å². The lowest BCUT2D eigenvalue weighted by molar-refractivity contribution is -0.125. The third-order valence-corrected chi connectivity index (χ3v) is 3.65. The quantitative estimate of drug-likeness (QED) is 0.839. The van der Waals surface area contributed by atoms with Crippen LogP contribution in [0, 0.1) is 0 Å². The van der Waals surface area contributed by atoms with Crippen molar-refractivity contribution >= 4 is 11.9 Å². The smallest absolute Gasteiger partial charge is 0.337 e. The van der Waals surface area contributed by atoms with Gasteiger partial charge in [-0.3, -0.25) is 9.69 Å². The summed E-state index contributed by atoms with van der Waals surface area (Å²) < 4.78 is 4.72. The van der Waals surface area contributed by atoms with Crippen molar-refractivity contribution in [1.82, 2.24) is 10.2 Å². The molecule has 0 spiro atoms. The standard InChI is InChI=1S/C15H20N2O3/c1-16-14(18)13-7-4-8-17(13)10-11-5-3-6-12(9-11)15(19)20-2/h3,5-6,9,13H,4,7-8,10H2,1-2H3,(H,16,18)/t13-/m1/s1. The molecule has 1 N–H and O–H groups in total. The number of benzene rings is 1. The van der Waals surface area contributed by atoms with Crippen LogP contribution in [0.3, 0.4) is 0 Å². The summed E-state index contributed by atoms with van der Waals surface area (Å²) in [6, 6.07) is 7.29. The maximum atomic E-state index is 11.8. The van der Waals surface area contributed by atoms with E-state index in [1.807, 2.05) is 18.2 Å². The summed E-state index contributed by atoms with van der Waals surface area (Å²) in [4.78, 5) is 25.5. The zero-order valence-electron chi connectivity index (χ0n) is 11.9. The normalized spacial score (nSPS) is 18.8. The van der Waals surface area contributed by atoms with Crippen molar-refractivity contribution < 1.29 is 14.3 Å². The Balaban J connectivity index is 2.09. The third kappa shape index (κ3) is 3.17. The Labute approximate surface area is 118 Å². The van der Waals surface area contributed by atoms with Crippen LogP contribution in [0.4, 0.5) is 0 Å². The summed E-state index contributed by atoms with van der Waals surface area (Å²) in [7, 11) is 3.04. The monoisotopic (exact) mass is 276 g/mol. The fraction of sp³-hybridized carbons (Fsp3) is 0.467. The summed E-state index contributed by atoms with van der Waals surface area (Å²) in [5, 5.41) is 2.71. The zero-order valence-corrected chi connectivity index (χ0v) is 11.9. The predicted molar refractivity (Wildman–Crippen MR) is 75.3 cm³/mol. The van der Waals surface area contributed by atoms with E-state index < -0.39 is 0 Å². The van der Waals surface area contributed by atoms with Gasteiger partial charge >= 0.3 is 5.97 Å². The van der Waals surface area contributed by atoms with Crippen LogP contribution < -0.4 is 5.32 Å². The van der Waals surface area contributed by atoms with Gasteiger partial charge in [0.1, 0.15) is 0 Å². The highest BCUT2D eigenvalue weighted by Gasteiger charge is 2.29. The number of esters is 1. The van der Waals surface area contributed by atoms with Crippen LogP contribution >= 0.6 is 0 Å². The number of carbonyl (C=O) groups excluding carboxylic acids is 2. The minimum Gasteiger partial charge on any atom is -0.465 e. The van der Waals surface area contributed by atoms with E-state index in [0.29, 0.717) is 12.1 Å². The highest BCUT2D eigenvalue weighted by Crippen LogP contribution is 2.20. The minimum absolute atomic E-state index is 0.0617. The molecule has 108 valence electrons. The first-order chi connectivity index (χ1) is 9.65. The van der Waals surface area contributed by atoms with E-state index in [9.17, 15) is 9.59 Å². The van der Waals surface area contributed by atoms with Crippen LogP contribution in [0.15, 0.2) is 24.3 Å². The second kappa shape index (κ2) is 6.52. The van der Waals surface area contributed by atoms with Gasteiger partial charge in [0.15, 0.2) is 0 Å². The summed E-state index contributed by atoms with van der Waals surface area (Å²) in [6.45, 7) is 1.57. The van der Waals surface area contributed by atoms with Gasteiger partial charge < -0.3 is 10.1 Å². The first-order valence-electron chi connectivity index (χ1n) is 6.78. The number of carbonyl (C=O) groups is 2. The van der Waals surface area contributed by atoms with Gasteiger partial charge in [0.25, 0.3) is 0 Å². The van der Waals surface area contributed by atoms with Gasteiger partial charge in [0, 0.05) is 13.6 Å². The SMILES string of the molecule is CNC(=O)[C@H]1CCCN1Cc1cccc(C(=O)OC)c1. The number of rotatable bonds is 4. The lowest BCUT2D eigenvalue weighted by Gasteiger charge is -2.23. The van der Waals surface area contributed by atoms with E-state index in [2.05, 4.69) is 10.2 Å². The molecule has 2 rings (SSSR count). The number of likely N-dealkylation sites (N-methyl/N-ethyl adjacent to an activating group) is 1. The van der Waals surface area contributed by atoms with E-state index >= 15 is 0 Å². The molecule has 0 aliphatic carbocycles. The summed E-state index contributed by atoms with van der Waals surface area (Å²) >= 11 is 0. The average Bonchev–Trinajstić information content (AvgIpc) is 2.94. The molecule has 1 aromatic carbocycles. The van der Waals surface area contributed by atoms with Gasteiger partial charge in [-0.1, -0.05) is 12.1 Å². The molecule has 1 saturated heterocycles. The van der Waals surface area contributed by atoms with E-state index in [4.69, 9.17) is 4.74 Å². The molecular weight excluding hydrogens is 256 g/mol. The molecule has 0 saturated carbocycles. The molecule has 5 heteroatoms. The Kier molecular flexibility index (Phi) is 4.74. The van der Waals surface area contributed by atoms with Crippen LogP contribution in [0.5, 0.6) is 0 Å². The first-order valence-corrected chi connectivity index (χ1v) is 6.78. The Morgan fingerprint density at radius 1 is 1.45 bits per heavy atom. The molecule has 20 heavy (non-hydrogen) atoms. The van der Waals surface area contributed by atoms with E-state index in [1.54, 1.807) is 13.1 Å². The van der Waals surface area contributed by atoms with Gasteiger partial charge in [0.2, 0.25) is 5.91 Å². The van der Waals surface area contributed by atoms with Crippen molar-refractivity contribution in [2.75, 3.05) is 20.7 Å². The Morgan fingerprint density at radius 3 is 2.95 bits per heavy atom. The minimum atomic E-state index is -0.337. The Morgan fingerprint density at radius 2 is 2.25 bits per heavy atom. The van der Waals surface area contributed by atoms with Gasteiger partial charge in [-0.2, -0.15) is 0 Å². The summed E-state index contributed by atoms with van der Waals surface area (Å²) in [5.74, 6) is -0.275. The average molecular weight is 276 g/mol. The summed E-state index contributed by atoms with van der Waals surface area (Å²) in [5.41, 5.74) is 1.56. The summed E-state index contributed by atoms with van der Waals surface area (Å²) in [6.07, 6.45) is 1.91. The third-order valence-electron chi connectivity index (χ3n) is 3.65. The largest absolute Gasteiger partial charge is 0.465 e. The van der Waals surface area contributed by atoms with Crippen LogP contribution in [-0.2, 0) is 16.1 Å². The van der Waals surface area contributed by atoms with Crippen LogP contribution in [0.25, 0.3) is 0 Å². The molecule has 1 amide bonds. The fourth-order valence-corrected chi connectivity index (χ4v) is 2.63. The molecule has 1 aliphatic heterocycles. The number of hydrogen-bond donors (Lipinski definition) is 1. The molecule has 1 aliphatic rings. The number of hydrogen-bond acceptors (Lipinski definition) is 4. The van der Waals surface area contributed by atoms with Crippen LogP contribution in [0.1, 0.15) is 28.8 Å². The number of likely N-dealkylation sites (tertiary alicyclic amines) is 1. The molecular formula is C15H20N2O3. The van der Waals surface area contributed by atoms with Crippen molar-refractivity contribution in [3.8, 4) is 0 Å². The molecule has 0 unspecified atom stereocenters. The van der Waals surface area contributed by atoms with E-state index in [0.717, 1.165) is 24.9 Å². The topological polar surface area (TPSA) is 58.6 Å². The number of nitrogens with zero attached hydrogens (tertiary/aromatic N) is 1. The number of amides is 1. The molecule has 0 aromatic heterocycles. The van der Waals surface area contributed by atoms with Crippen molar-refractivity contribution in [2.45, 2.75) is 25.4 Å². The van der Waals surface area contributed by atoms with Gasteiger partial charge in [-0.25, -0.2) is 4.79 Å². The second-order valence-corrected chi connectivity index (χ2v) is 4.93. The first kappa shape index (κ1) is 14.5. The number of nitrogens with one attached hydrogen (secondary N) is 1. The highest BCUT2D eigenvalue weighted by molar-refractivity contribution is 5.89. The van der Waals surface area contributed by atoms with E-state index in [1.165, 1.54) is 7.11 Å². The lowest BCUT2D eigenvalue weighted by Crippen LogP contribution is -2.41. The maximum absolute atomic E-state index is 11.8. The highest BCUT2D eigenvalue weighted by atomic mass is 16.5. The zero-order chi connectivity index (χ0) is 14.5. The van der Waals surface area contributed by atoms with Crippen molar-refractivity contribution in [3.05, 3.63) is 35.4 Å². The van der Waals surface area contributed by atoms with E-state index in [-0.39, 0.29) is 17.9 Å². The Bertz CT molecular complexity index is 502. The van der Waals surface area contributed by atoms with Crippen molar-refractivity contribution in [3.63, 3.8) is 0 Å². The van der Waals surface area contributed by atoms with Crippen molar-refractivity contribution in [1.29, 1.82) is 0 Å². The Hall–Kier alpha value is -1.88. The number of methoxy groups -OCH3 is 1. The van der Waals surface area contributed by atoms with Gasteiger partial charge in [-0.05, 0) is 37.1 Å². The second-order valence-electron chi connectivity index (χ2n) is 4.93. The molecule has 0 radical (unpaired) electrons. The molecule has 1 heterocycles. The maximum Gasteiger partial charge on any atom is 0.337 e. The van der Waals surface area contributed by atoms with Crippen LogP contribution in [0.2, 0.25) is 0 Å². The van der Waals surface area contributed by atoms with Crippen LogP contribution in [-0.4, -0.2) is 43.5 Å². The molecule has 0 bridgehead atoms. The molecule has 1 aromatic rings. The fourth-order valence-electron chi connectivity index (χ4n) is 2.63. The lowest BCUT2D eigenvalue weighted by atomic mass is 10.1. The predicted octanol–water partition coefficient (Wildman–Crippen LogP) is 1.18. The number of ether oxygens (including phenoxy) is 1.